The third-order valence-electron chi connectivity index (χ3n) is 5.08. The van der Waals surface area contributed by atoms with E-state index in [1.54, 1.807) is 0 Å². The van der Waals surface area contributed by atoms with Crippen molar-refractivity contribution in [3.05, 3.63) is 29.3 Å². The fourth-order valence-corrected chi connectivity index (χ4v) is 3.96. The maximum atomic E-state index is 12.1. The summed E-state index contributed by atoms with van der Waals surface area (Å²) in [5.74, 6) is -0.00768. The molecule has 0 spiro atoms. The van der Waals surface area contributed by atoms with Crippen molar-refractivity contribution in [1.82, 2.24) is 0 Å². The molecule has 2 aliphatic rings. The molecule has 3 heteroatoms. The number of benzene rings is 1. The van der Waals surface area contributed by atoms with Crippen LogP contribution in [0.1, 0.15) is 43.2 Å². The molecule has 1 aromatic carbocycles. The Morgan fingerprint density at radius 2 is 1.86 bits per heavy atom. The molecule has 3 rings (SSSR count). The van der Waals surface area contributed by atoms with E-state index in [-0.39, 0.29) is 23.5 Å². The third kappa shape index (κ3) is 2.74. The summed E-state index contributed by atoms with van der Waals surface area (Å²) in [6.07, 6.45) is 4.56. The van der Waals surface area contributed by atoms with E-state index in [4.69, 9.17) is 0 Å². The van der Waals surface area contributed by atoms with Gasteiger partial charge in [0, 0.05) is 24.1 Å². The van der Waals surface area contributed by atoms with Crippen molar-refractivity contribution in [3.8, 4) is 0 Å². The smallest absolute Gasteiger partial charge is 0.201 e. The summed E-state index contributed by atoms with van der Waals surface area (Å²) < 4.78 is 0. The summed E-state index contributed by atoms with van der Waals surface area (Å²) in [6, 6.07) is 6.44. The number of anilines is 1. The van der Waals surface area contributed by atoms with Gasteiger partial charge in [-0.25, -0.2) is 0 Å². The van der Waals surface area contributed by atoms with Crippen LogP contribution in [-0.4, -0.2) is 17.6 Å². The van der Waals surface area contributed by atoms with E-state index >= 15 is 0 Å². The number of hydrogen-bond acceptors (Lipinski definition) is 3. The first kappa shape index (κ1) is 14.3. The van der Waals surface area contributed by atoms with Crippen LogP contribution in [0.3, 0.4) is 0 Å². The van der Waals surface area contributed by atoms with Gasteiger partial charge in [0.1, 0.15) is 0 Å². The predicted molar refractivity (Wildman–Crippen MR) is 83.4 cm³/mol. The summed E-state index contributed by atoms with van der Waals surface area (Å²) in [5, 5.41) is 3.55. The summed E-state index contributed by atoms with van der Waals surface area (Å²) in [7, 11) is 0. The second-order valence-electron chi connectivity index (χ2n) is 6.62. The van der Waals surface area contributed by atoms with Gasteiger partial charge < -0.3 is 5.32 Å². The molecule has 0 bridgehead atoms. The Hall–Kier alpha value is -1.64. The molecule has 3 atom stereocenters. The van der Waals surface area contributed by atoms with Gasteiger partial charge in [-0.15, -0.1) is 0 Å². The lowest BCUT2D eigenvalue weighted by Crippen LogP contribution is -2.48. The zero-order valence-electron chi connectivity index (χ0n) is 12.8. The molecule has 2 aliphatic carbocycles. The van der Waals surface area contributed by atoms with Crippen molar-refractivity contribution in [2.75, 3.05) is 5.32 Å². The van der Waals surface area contributed by atoms with Crippen LogP contribution >= 0.6 is 0 Å². The highest BCUT2D eigenvalue weighted by Gasteiger charge is 2.44. The lowest BCUT2D eigenvalue weighted by Gasteiger charge is -2.40. The van der Waals surface area contributed by atoms with Gasteiger partial charge in [0.15, 0.2) is 0 Å². The molecule has 0 radical (unpaired) electrons. The van der Waals surface area contributed by atoms with Crippen molar-refractivity contribution in [1.29, 1.82) is 0 Å². The van der Waals surface area contributed by atoms with Crippen molar-refractivity contribution in [2.45, 2.75) is 52.0 Å². The van der Waals surface area contributed by atoms with E-state index in [0.717, 1.165) is 24.9 Å². The van der Waals surface area contributed by atoms with Gasteiger partial charge in [0.25, 0.3) is 0 Å². The fourth-order valence-electron chi connectivity index (χ4n) is 3.96. The predicted octanol–water partition coefficient (Wildman–Crippen LogP) is 3.43. The van der Waals surface area contributed by atoms with E-state index in [1.807, 2.05) is 0 Å². The number of aryl methyl sites for hydroxylation is 2. The molecule has 1 N–H and O–H groups in total. The molecule has 112 valence electrons. The van der Waals surface area contributed by atoms with Gasteiger partial charge >= 0.3 is 0 Å². The maximum absolute atomic E-state index is 12.1. The van der Waals surface area contributed by atoms with Crippen molar-refractivity contribution < 1.29 is 9.59 Å². The van der Waals surface area contributed by atoms with Crippen LogP contribution in [0.2, 0.25) is 0 Å². The van der Waals surface area contributed by atoms with Crippen molar-refractivity contribution in [3.63, 3.8) is 0 Å². The number of hydrogen-bond donors (Lipinski definition) is 1. The summed E-state index contributed by atoms with van der Waals surface area (Å²) in [5.41, 5.74) is 3.53. The van der Waals surface area contributed by atoms with Crippen molar-refractivity contribution >= 4 is 17.3 Å². The zero-order valence-corrected chi connectivity index (χ0v) is 12.8. The molecule has 3 unspecified atom stereocenters. The van der Waals surface area contributed by atoms with E-state index < -0.39 is 0 Å². The number of nitrogens with one attached hydrogen (secondary N) is 1. The van der Waals surface area contributed by atoms with Crippen LogP contribution in [0, 0.1) is 25.7 Å². The van der Waals surface area contributed by atoms with Crippen molar-refractivity contribution in [2.24, 2.45) is 11.8 Å². The van der Waals surface area contributed by atoms with E-state index in [1.165, 1.54) is 17.5 Å². The molecule has 0 saturated heterocycles. The Balaban J connectivity index is 1.83. The van der Waals surface area contributed by atoms with Gasteiger partial charge in [0.2, 0.25) is 11.6 Å². The number of rotatable bonds is 2. The van der Waals surface area contributed by atoms with Crippen LogP contribution in [0.4, 0.5) is 5.69 Å². The van der Waals surface area contributed by atoms with Gasteiger partial charge in [-0.2, -0.15) is 0 Å². The number of Topliss-reactive ketones (excluding diaryl/α,β-unsaturated/α-hetero) is 2. The Morgan fingerprint density at radius 3 is 2.62 bits per heavy atom. The number of carbonyl (C=O) groups is 2. The third-order valence-corrected chi connectivity index (χ3v) is 5.08. The Kier molecular flexibility index (Phi) is 3.83. The molecule has 21 heavy (non-hydrogen) atoms. The Labute approximate surface area is 126 Å². The normalized spacial score (nSPS) is 29.1. The Bertz CT molecular complexity index is 579. The van der Waals surface area contributed by atoms with Crippen LogP contribution in [0.25, 0.3) is 0 Å². The summed E-state index contributed by atoms with van der Waals surface area (Å²) in [6.45, 7) is 4.17. The van der Waals surface area contributed by atoms with E-state index in [2.05, 4.69) is 37.4 Å². The lowest BCUT2D eigenvalue weighted by molar-refractivity contribution is -0.144. The first-order valence-electron chi connectivity index (χ1n) is 7.97. The second-order valence-corrected chi connectivity index (χ2v) is 6.62. The zero-order chi connectivity index (χ0) is 15.0. The molecule has 0 aromatic heterocycles. The molecule has 0 aliphatic heterocycles. The van der Waals surface area contributed by atoms with Gasteiger partial charge in [-0.05, 0) is 44.2 Å². The minimum Gasteiger partial charge on any atom is -0.381 e. The summed E-state index contributed by atoms with van der Waals surface area (Å²) in [4.78, 5) is 24.1. The first-order chi connectivity index (χ1) is 10.1. The number of carbonyl (C=O) groups excluding carboxylic acids is 2. The molecule has 1 aromatic rings. The standard InChI is InChI=1S/C18H23NO2/c1-11-7-8-15(12(2)9-11)19-16-10-17(20)18(21)14-6-4-3-5-13(14)16/h7-9,13-14,16,19H,3-6,10H2,1-2H3. The van der Waals surface area contributed by atoms with Gasteiger partial charge in [-0.3, -0.25) is 9.59 Å². The molecule has 0 amide bonds. The molecule has 3 nitrogen and oxygen atoms in total. The van der Waals surface area contributed by atoms with Crippen LogP contribution < -0.4 is 5.32 Å². The fraction of sp³-hybridized carbons (Fsp3) is 0.556. The molecule has 0 heterocycles. The highest BCUT2D eigenvalue weighted by atomic mass is 16.2. The van der Waals surface area contributed by atoms with Crippen LogP contribution in [0.5, 0.6) is 0 Å². The first-order valence-corrected chi connectivity index (χ1v) is 7.97. The molecule has 2 saturated carbocycles. The van der Waals surface area contributed by atoms with Gasteiger partial charge in [-0.1, -0.05) is 30.5 Å². The minimum absolute atomic E-state index is 0.0387. The average molecular weight is 285 g/mol. The topological polar surface area (TPSA) is 46.2 Å². The molecular formula is C18H23NO2. The quantitative estimate of drug-likeness (QED) is 0.847. The monoisotopic (exact) mass is 285 g/mol. The number of ketones is 2. The lowest BCUT2D eigenvalue weighted by atomic mass is 9.67. The molecule has 2 fully saturated rings. The van der Waals surface area contributed by atoms with Gasteiger partial charge in [0.05, 0.1) is 0 Å². The summed E-state index contributed by atoms with van der Waals surface area (Å²) >= 11 is 0. The van der Waals surface area contributed by atoms with E-state index in [0.29, 0.717) is 12.3 Å². The van der Waals surface area contributed by atoms with Crippen LogP contribution in [0.15, 0.2) is 18.2 Å². The number of fused-ring (bicyclic) bond motifs is 1. The maximum Gasteiger partial charge on any atom is 0.201 e. The minimum atomic E-state index is -0.180. The highest BCUT2D eigenvalue weighted by Crippen LogP contribution is 2.39. The van der Waals surface area contributed by atoms with E-state index in [9.17, 15) is 9.59 Å². The largest absolute Gasteiger partial charge is 0.381 e. The molecular weight excluding hydrogens is 262 g/mol. The second kappa shape index (κ2) is 5.63. The Morgan fingerprint density at radius 1 is 1.10 bits per heavy atom. The highest BCUT2D eigenvalue weighted by molar-refractivity contribution is 6.38. The SMILES string of the molecule is Cc1ccc(NC2CC(=O)C(=O)C3CCCCC23)c(C)c1. The van der Waals surface area contributed by atoms with Crippen LogP contribution in [-0.2, 0) is 9.59 Å². The average Bonchev–Trinajstić information content (AvgIpc) is 2.47.